The van der Waals surface area contributed by atoms with E-state index in [0.29, 0.717) is 24.1 Å². The van der Waals surface area contributed by atoms with E-state index in [9.17, 15) is 5.11 Å². The van der Waals surface area contributed by atoms with E-state index in [1.54, 1.807) is 7.11 Å². The van der Waals surface area contributed by atoms with Gasteiger partial charge in [0.15, 0.2) is 0 Å². The number of aliphatic hydroxyl groups is 1. The van der Waals surface area contributed by atoms with Gasteiger partial charge in [0.05, 0.1) is 12.6 Å². The molecule has 0 radical (unpaired) electrons. The molecule has 4 rings (SSSR count). The first-order valence-corrected chi connectivity index (χ1v) is 14.6. The molecule has 0 saturated heterocycles. The van der Waals surface area contributed by atoms with Crippen molar-refractivity contribution in [2.45, 2.75) is 64.4 Å². The fourth-order valence-electron chi connectivity index (χ4n) is 5.60. The fourth-order valence-corrected chi connectivity index (χ4v) is 5.98. The molecule has 0 amide bonds. The Kier molecular flexibility index (Phi) is 9.62. The van der Waals surface area contributed by atoms with Crippen LogP contribution in [0.25, 0.3) is 10.9 Å². The van der Waals surface area contributed by atoms with Gasteiger partial charge in [0.2, 0.25) is 5.88 Å². The van der Waals surface area contributed by atoms with Crippen molar-refractivity contribution in [2.75, 3.05) is 7.11 Å². The molecular formula is C34H40BrNO2. The van der Waals surface area contributed by atoms with Gasteiger partial charge in [0.1, 0.15) is 5.60 Å². The van der Waals surface area contributed by atoms with Gasteiger partial charge in [-0.05, 0) is 53.6 Å². The van der Waals surface area contributed by atoms with Gasteiger partial charge in [-0.15, -0.1) is 0 Å². The smallest absolute Gasteiger partial charge is 0.217 e. The molecular weight excluding hydrogens is 534 g/mol. The summed E-state index contributed by atoms with van der Waals surface area (Å²) in [6.07, 6.45) is 5.04. The maximum absolute atomic E-state index is 12.8. The minimum Gasteiger partial charge on any atom is -0.481 e. The van der Waals surface area contributed by atoms with Gasteiger partial charge in [-0.1, -0.05) is 123 Å². The van der Waals surface area contributed by atoms with Crippen LogP contribution in [-0.4, -0.2) is 17.2 Å². The van der Waals surface area contributed by atoms with Crippen molar-refractivity contribution in [3.8, 4) is 5.88 Å². The Balaban J connectivity index is 1.82. The standard InChI is InChI=1S/C34H40BrNO2/c1-5-24(2)25(3)14-12-13-21-34(37,28-17-10-7-11-18-28)32(26-15-8-6-9-16-26)30-23-27-22-29(35)19-20-31(27)36-33(30)38-4/h6-11,15-20,22-25,32,37H,5,12-14,21H2,1-4H3. The topological polar surface area (TPSA) is 42.4 Å². The van der Waals surface area contributed by atoms with Gasteiger partial charge in [-0.2, -0.15) is 0 Å². The number of nitrogens with zero attached hydrogens (tertiary/aromatic N) is 1. The number of hydrogen-bond acceptors (Lipinski definition) is 3. The van der Waals surface area contributed by atoms with Crippen molar-refractivity contribution in [3.05, 3.63) is 106 Å². The number of ether oxygens (including phenoxy) is 1. The molecule has 0 bridgehead atoms. The molecule has 0 aliphatic rings. The first-order valence-electron chi connectivity index (χ1n) is 13.8. The highest BCUT2D eigenvalue weighted by atomic mass is 79.9. The average Bonchev–Trinajstić information content (AvgIpc) is 2.95. The van der Waals surface area contributed by atoms with E-state index in [4.69, 9.17) is 9.72 Å². The zero-order chi connectivity index (χ0) is 27.1. The van der Waals surface area contributed by atoms with E-state index >= 15 is 0 Å². The highest BCUT2D eigenvalue weighted by Crippen LogP contribution is 2.48. The molecule has 1 N–H and O–H groups in total. The van der Waals surface area contributed by atoms with Crippen LogP contribution in [0.1, 0.15) is 75.5 Å². The normalized spacial score (nSPS) is 15.5. The summed E-state index contributed by atoms with van der Waals surface area (Å²) in [5.41, 5.74) is 2.57. The Labute approximate surface area is 236 Å². The third-order valence-corrected chi connectivity index (χ3v) is 8.73. The lowest BCUT2D eigenvalue weighted by molar-refractivity contribution is 0.00668. The van der Waals surface area contributed by atoms with E-state index < -0.39 is 5.60 Å². The molecule has 3 nitrogen and oxygen atoms in total. The van der Waals surface area contributed by atoms with E-state index in [1.165, 1.54) is 12.8 Å². The molecule has 38 heavy (non-hydrogen) atoms. The van der Waals surface area contributed by atoms with Crippen molar-refractivity contribution in [3.63, 3.8) is 0 Å². The third-order valence-electron chi connectivity index (χ3n) is 8.24. The molecule has 0 saturated carbocycles. The molecule has 0 aliphatic heterocycles. The number of methoxy groups -OCH3 is 1. The number of unbranched alkanes of at least 4 members (excludes halogenated alkanes) is 1. The Hall–Kier alpha value is -2.69. The lowest BCUT2D eigenvalue weighted by Crippen LogP contribution is -2.35. The summed E-state index contributed by atoms with van der Waals surface area (Å²) in [5.74, 6) is 1.59. The molecule has 0 aliphatic carbocycles. The van der Waals surface area contributed by atoms with Crippen molar-refractivity contribution in [2.24, 2.45) is 11.8 Å². The van der Waals surface area contributed by atoms with E-state index in [2.05, 4.69) is 73.1 Å². The largest absolute Gasteiger partial charge is 0.481 e. The SMILES string of the molecule is CCC(C)C(C)CCCCC(O)(c1ccccc1)C(c1ccccc1)c1cc2cc(Br)ccc2nc1OC. The molecule has 1 aromatic heterocycles. The molecule has 3 aromatic carbocycles. The minimum absolute atomic E-state index is 0.357. The average molecular weight is 575 g/mol. The lowest BCUT2D eigenvalue weighted by atomic mass is 9.71. The molecule has 4 unspecified atom stereocenters. The molecule has 0 fully saturated rings. The van der Waals surface area contributed by atoms with Gasteiger partial charge in [0, 0.05) is 21.3 Å². The molecule has 4 heteroatoms. The van der Waals surface area contributed by atoms with E-state index in [-0.39, 0.29) is 5.92 Å². The van der Waals surface area contributed by atoms with E-state index in [1.807, 2.05) is 48.5 Å². The van der Waals surface area contributed by atoms with Crippen molar-refractivity contribution >= 4 is 26.8 Å². The van der Waals surface area contributed by atoms with Crippen LogP contribution in [0.2, 0.25) is 0 Å². The van der Waals surface area contributed by atoms with Crippen LogP contribution in [0.4, 0.5) is 0 Å². The highest BCUT2D eigenvalue weighted by Gasteiger charge is 2.42. The van der Waals surface area contributed by atoms with Crippen LogP contribution < -0.4 is 4.74 Å². The number of benzene rings is 3. The molecule has 1 heterocycles. The van der Waals surface area contributed by atoms with E-state index in [0.717, 1.165) is 44.9 Å². The third kappa shape index (κ3) is 6.30. The zero-order valence-electron chi connectivity index (χ0n) is 23.0. The van der Waals surface area contributed by atoms with Crippen LogP contribution >= 0.6 is 15.9 Å². The Morgan fingerprint density at radius 1 is 0.895 bits per heavy atom. The molecule has 0 spiro atoms. The second-order valence-electron chi connectivity index (χ2n) is 10.7. The Bertz CT molecular complexity index is 1310. The van der Waals surface area contributed by atoms with Crippen LogP contribution in [0, 0.1) is 11.8 Å². The summed E-state index contributed by atoms with van der Waals surface area (Å²) in [7, 11) is 1.66. The predicted octanol–water partition coefficient (Wildman–Crippen LogP) is 9.27. The fraction of sp³-hybridized carbons (Fsp3) is 0.382. The second-order valence-corrected chi connectivity index (χ2v) is 11.6. The van der Waals surface area contributed by atoms with Crippen LogP contribution in [-0.2, 0) is 5.60 Å². The summed E-state index contributed by atoms with van der Waals surface area (Å²) in [6, 6.07) is 28.6. The summed E-state index contributed by atoms with van der Waals surface area (Å²) < 4.78 is 6.87. The second kappa shape index (κ2) is 12.9. The molecule has 4 atom stereocenters. The predicted molar refractivity (Wildman–Crippen MR) is 162 cm³/mol. The molecule has 4 aromatic rings. The number of pyridine rings is 1. The maximum atomic E-state index is 12.8. The monoisotopic (exact) mass is 573 g/mol. The number of hydrogen-bond donors (Lipinski definition) is 1. The number of rotatable bonds is 12. The number of halogens is 1. The number of fused-ring (bicyclic) bond motifs is 1. The van der Waals surface area contributed by atoms with Gasteiger partial charge in [0.25, 0.3) is 0 Å². The Morgan fingerprint density at radius 3 is 2.24 bits per heavy atom. The summed E-state index contributed by atoms with van der Waals surface area (Å²) >= 11 is 3.61. The quantitative estimate of drug-likeness (QED) is 0.172. The van der Waals surface area contributed by atoms with Gasteiger partial charge in [-0.3, -0.25) is 0 Å². The minimum atomic E-state index is -1.14. The number of aromatic nitrogens is 1. The van der Waals surface area contributed by atoms with Crippen molar-refractivity contribution < 1.29 is 9.84 Å². The summed E-state index contributed by atoms with van der Waals surface area (Å²) in [6.45, 7) is 6.96. The molecule has 200 valence electrons. The highest BCUT2D eigenvalue weighted by molar-refractivity contribution is 9.10. The van der Waals surface area contributed by atoms with Crippen LogP contribution in [0.5, 0.6) is 5.88 Å². The first-order chi connectivity index (χ1) is 18.4. The van der Waals surface area contributed by atoms with Crippen LogP contribution in [0.3, 0.4) is 0 Å². The van der Waals surface area contributed by atoms with Crippen molar-refractivity contribution in [1.82, 2.24) is 4.98 Å². The summed E-state index contributed by atoms with van der Waals surface area (Å²) in [4.78, 5) is 4.88. The maximum Gasteiger partial charge on any atom is 0.217 e. The Morgan fingerprint density at radius 2 is 1.58 bits per heavy atom. The lowest BCUT2D eigenvalue weighted by Gasteiger charge is -2.38. The zero-order valence-corrected chi connectivity index (χ0v) is 24.6. The van der Waals surface area contributed by atoms with Crippen LogP contribution in [0.15, 0.2) is 89.4 Å². The summed E-state index contributed by atoms with van der Waals surface area (Å²) in [5, 5.41) is 13.8. The van der Waals surface area contributed by atoms with Gasteiger partial charge in [-0.25, -0.2) is 4.98 Å². The van der Waals surface area contributed by atoms with Crippen molar-refractivity contribution in [1.29, 1.82) is 0 Å². The van der Waals surface area contributed by atoms with Gasteiger partial charge >= 0.3 is 0 Å². The first kappa shape index (κ1) is 28.3. The van der Waals surface area contributed by atoms with Gasteiger partial charge < -0.3 is 9.84 Å².